The van der Waals surface area contributed by atoms with Crippen molar-refractivity contribution in [2.45, 2.75) is 19.3 Å². The van der Waals surface area contributed by atoms with Crippen molar-refractivity contribution >= 4 is 12.0 Å². The summed E-state index contributed by atoms with van der Waals surface area (Å²) < 4.78 is 1.85. The van der Waals surface area contributed by atoms with Gasteiger partial charge in [0.15, 0.2) is 0 Å². The van der Waals surface area contributed by atoms with Crippen molar-refractivity contribution in [2.75, 3.05) is 13.1 Å². The molecule has 0 aliphatic carbocycles. The van der Waals surface area contributed by atoms with Gasteiger partial charge in [-0.2, -0.15) is 5.10 Å². The minimum Gasteiger partial charge on any atom is -0.339 e. The summed E-state index contributed by atoms with van der Waals surface area (Å²) in [5.41, 5.74) is 3.71. The average molecular weight is 358 g/mol. The molecule has 0 unspecified atom stereocenters. The maximum Gasteiger partial charge on any atom is 0.246 e. The second kappa shape index (κ2) is 7.99. The zero-order valence-electron chi connectivity index (χ0n) is 15.2. The zero-order valence-corrected chi connectivity index (χ0v) is 15.2. The molecule has 3 aromatic rings. The molecule has 1 aromatic carbocycles. The van der Waals surface area contributed by atoms with Crippen molar-refractivity contribution in [3.05, 3.63) is 72.7 Å². The molecule has 27 heavy (non-hydrogen) atoms. The zero-order chi connectivity index (χ0) is 18.5. The van der Waals surface area contributed by atoms with Crippen LogP contribution in [-0.4, -0.2) is 38.7 Å². The lowest BCUT2D eigenvalue weighted by Crippen LogP contribution is -2.34. The van der Waals surface area contributed by atoms with Crippen molar-refractivity contribution in [3.63, 3.8) is 0 Å². The van der Waals surface area contributed by atoms with E-state index in [-0.39, 0.29) is 5.91 Å². The predicted molar refractivity (Wildman–Crippen MR) is 106 cm³/mol. The van der Waals surface area contributed by atoms with Gasteiger partial charge in [-0.3, -0.25) is 9.78 Å². The molecule has 2 aromatic heterocycles. The lowest BCUT2D eigenvalue weighted by Gasteiger charge is -2.25. The molecule has 0 spiro atoms. The SMILES string of the molecule is O=C(/C=C/c1cn(-c2ccccc2)nc1-c1ccncc1)N1CCCCC1. The van der Waals surface area contributed by atoms with Crippen LogP contribution in [0.25, 0.3) is 23.0 Å². The third kappa shape index (κ3) is 3.97. The summed E-state index contributed by atoms with van der Waals surface area (Å²) in [6.45, 7) is 1.70. The van der Waals surface area contributed by atoms with Crippen LogP contribution in [0.15, 0.2) is 67.1 Å². The van der Waals surface area contributed by atoms with E-state index in [1.165, 1.54) is 6.42 Å². The molecule has 1 aliphatic heterocycles. The van der Waals surface area contributed by atoms with E-state index in [1.54, 1.807) is 18.5 Å². The molecule has 1 saturated heterocycles. The number of pyridine rings is 1. The molecule has 1 aliphatic rings. The Morgan fingerprint density at radius 1 is 0.963 bits per heavy atom. The highest BCUT2D eigenvalue weighted by molar-refractivity contribution is 5.93. The molecule has 136 valence electrons. The number of rotatable bonds is 4. The molecule has 0 atom stereocenters. The lowest BCUT2D eigenvalue weighted by molar-refractivity contribution is -0.126. The number of hydrogen-bond donors (Lipinski definition) is 0. The van der Waals surface area contributed by atoms with E-state index < -0.39 is 0 Å². The number of amides is 1. The van der Waals surface area contributed by atoms with Crippen LogP contribution in [0.5, 0.6) is 0 Å². The van der Waals surface area contributed by atoms with Crippen LogP contribution >= 0.6 is 0 Å². The molecule has 0 saturated carbocycles. The van der Waals surface area contributed by atoms with Crippen molar-refractivity contribution in [3.8, 4) is 16.9 Å². The predicted octanol–water partition coefficient (Wildman–Crippen LogP) is 3.96. The highest BCUT2D eigenvalue weighted by atomic mass is 16.2. The molecular formula is C22H22N4O. The van der Waals surface area contributed by atoms with E-state index in [4.69, 9.17) is 5.10 Å². The van der Waals surface area contributed by atoms with Crippen LogP contribution in [0, 0.1) is 0 Å². The lowest BCUT2D eigenvalue weighted by atomic mass is 10.1. The number of hydrogen-bond acceptors (Lipinski definition) is 3. The fraction of sp³-hybridized carbons (Fsp3) is 0.227. The first kappa shape index (κ1) is 17.2. The number of carbonyl (C=O) groups excluding carboxylic acids is 1. The average Bonchev–Trinajstić information content (AvgIpc) is 3.18. The number of piperidine rings is 1. The number of benzene rings is 1. The summed E-state index contributed by atoms with van der Waals surface area (Å²) in [5, 5.41) is 4.75. The maximum absolute atomic E-state index is 12.5. The highest BCUT2D eigenvalue weighted by Gasteiger charge is 2.15. The van der Waals surface area contributed by atoms with Crippen LogP contribution in [0.2, 0.25) is 0 Å². The van der Waals surface area contributed by atoms with Gasteiger partial charge in [0, 0.05) is 48.9 Å². The molecule has 1 fully saturated rings. The van der Waals surface area contributed by atoms with Gasteiger partial charge in [0.1, 0.15) is 5.69 Å². The Morgan fingerprint density at radius 2 is 1.70 bits per heavy atom. The van der Waals surface area contributed by atoms with Gasteiger partial charge in [-0.05, 0) is 49.6 Å². The smallest absolute Gasteiger partial charge is 0.246 e. The van der Waals surface area contributed by atoms with Crippen LogP contribution < -0.4 is 0 Å². The van der Waals surface area contributed by atoms with Crippen molar-refractivity contribution in [2.24, 2.45) is 0 Å². The first-order valence-electron chi connectivity index (χ1n) is 9.34. The Labute approximate surface area is 159 Å². The van der Waals surface area contributed by atoms with Gasteiger partial charge >= 0.3 is 0 Å². The number of nitrogens with zero attached hydrogens (tertiary/aromatic N) is 4. The molecule has 5 heteroatoms. The monoisotopic (exact) mass is 358 g/mol. The fourth-order valence-corrected chi connectivity index (χ4v) is 3.34. The third-order valence-electron chi connectivity index (χ3n) is 4.79. The Morgan fingerprint density at radius 3 is 2.44 bits per heavy atom. The molecule has 0 radical (unpaired) electrons. The molecule has 0 bridgehead atoms. The minimum atomic E-state index is 0.0721. The highest BCUT2D eigenvalue weighted by Crippen LogP contribution is 2.24. The second-order valence-electron chi connectivity index (χ2n) is 6.67. The molecule has 1 amide bonds. The quantitative estimate of drug-likeness (QED) is 0.663. The van der Waals surface area contributed by atoms with Gasteiger partial charge in [-0.25, -0.2) is 4.68 Å². The first-order valence-corrected chi connectivity index (χ1v) is 9.34. The Balaban J connectivity index is 1.67. The summed E-state index contributed by atoms with van der Waals surface area (Å²) in [7, 11) is 0. The van der Waals surface area contributed by atoms with E-state index in [9.17, 15) is 4.79 Å². The number of carbonyl (C=O) groups is 1. The summed E-state index contributed by atoms with van der Waals surface area (Å²) >= 11 is 0. The van der Waals surface area contributed by atoms with Gasteiger partial charge in [-0.15, -0.1) is 0 Å². The molecule has 5 nitrogen and oxygen atoms in total. The van der Waals surface area contributed by atoms with Crippen LogP contribution in [-0.2, 0) is 4.79 Å². The summed E-state index contributed by atoms with van der Waals surface area (Å²) in [6, 6.07) is 13.8. The fourth-order valence-electron chi connectivity index (χ4n) is 3.34. The number of para-hydroxylation sites is 1. The Bertz CT molecular complexity index is 925. The molecular weight excluding hydrogens is 336 g/mol. The van der Waals surface area contributed by atoms with Crippen molar-refractivity contribution in [1.82, 2.24) is 19.7 Å². The number of likely N-dealkylation sites (tertiary alicyclic amines) is 1. The van der Waals surface area contributed by atoms with E-state index in [2.05, 4.69) is 4.98 Å². The molecule has 3 heterocycles. The Kier molecular flexibility index (Phi) is 5.10. The molecule has 4 rings (SSSR count). The summed E-state index contributed by atoms with van der Waals surface area (Å²) in [5.74, 6) is 0.0721. The van der Waals surface area contributed by atoms with Crippen molar-refractivity contribution in [1.29, 1.82) is 0 Å². The topological polar surface area (TPSA) is 51.0 Å². The maximum atomic E-state index is 12.5. The van der Waals surface area contributed by atoms with Gasteiger partial charge < -0.3 is 4.90 Å². The summed E-state index contributed by atoms with van der Waals surface area (Å²) in [6.07, 6.45) is 12.4. The van der Waals surface area contributed by atoms with E-state index in [0.717, 1.165) is 48.4 Å². The largest absolute Gasteiger partial charge is 0.339 e. The standard InChI is InChI=1S/C22H22N4O/c27-21(25-15-5-2-6-16-25)10-9-19-17-26(20-7-3-1-4-8-20)24-22(19)18-11-13-23-14-12-18/h1,3-4,7-14,17H,2,5-6,15-16H2/b10-9+. The molecule has 0 N–H and O–H groups in total. The number of aromatic nitrogens is 3. The van der Waals surface area contributed by atoms with Crippen LogP contribution in [0.3, 0.4) is 0 Å². The van der Waals surface area contributed by atoms with Crippen molar-refractivity contribution < 1.29 is 4.79 Å². The Hall–Kier alpha value is -3.21. The normalized spacial score (nSPS) is 14.6. The van der Waals surface area contributed by atoms with Crippen LogP contribution in [0.1, 0.15) is 24.8 Å². The summed E-state index contributed by atoms with van der Waals surface area (Å²) in [4.78, 5) is 18.5. The minimum absolute atomic E-state index is 0.0721. The van der Waals surface area contributed by atoms with E-state index >= 15 is 0 Å². The van der Waals surface area contributed by atoms with E-state index in [0.29, 0.717) is 0 Å². The van der Waals surface area contributed by atoms with E-state index in [1.807, 2.05) is 64.3 Å². The first-order chi connectivity index (χ1) is 13.3. The van der Waals surface area contributed by atoms with Gasteiger partial charge in [-0.1, -0.05) is 18.2 Å². The second-order valence-corrected chi connectivity index (χ2v) is 6.67. The van der Waals surface area contributed by atoms with Gasteiger partial charge in [0.2, 0.25) is 5.91 Å². The van der Waals surface area contributed by atoms with Gasteiger partial charge in [0.05, 0.1) is 5.69 Å². The third-order valence-corrected chi connectivity index (χ3v) is 4.79. The van der Waals surface area contributed by atoms with Crippen LogP contribution in [0.4, 0.5) is 0 Å². The van der Waals surface area contributed by atoms with Gasteiger partial charge in [0.25, 0.3) is 0 Å².